The minimum absolute atomic E-state index is 0.0573. The average Bonchev–Trinajstić information content (AvgIpc) is 1.81. The summed E-state index contributed by atoms with van der Waals surface area (Å²) in [5.41, 5.74) is 0.432. The van der Waals surface area contributed by atoms with Gasteiger partial charge in [-0.3, -0.25) is 4.79 Å². The predicted octanol–water partition coefficient (Wildman–Crippen LogP) is 0.451. The normalized spacial score (nSPS) is 12.7. The largest absolute Gasteiger partial charge is 0.319 e. The van der Waals surface area contributed by atoms with Crippen molar-refractivity contribution in [3.8, 4) is 0 Å². The number of carbonyl (C=O) groups excluding carboxylic acids is 1. The first-order valence-corrected chi connectivity index (χ1v) is 3.29. The fourth-order valence-corrected chi connectivity index (χ4v) is 0.806. The molecule has 0 bridgehead atoms. The van der Waals surface area contributed by atoms with E-state index >= 15 is 0 Å². The van der Waals surface area contributed by atoms with E-state index in [9.17, 15) is 4.79 Å². The molecule has 1 atom stereocenters. The molecule has 0 aromatic carbocycles. The smallest absolute Gasteiger partial charge is 0.139 e. The molecular weight excluding hydrogens is 128 g/mol. The van der Waals surface area contributed by atoms with Crippen LogP contribution in [-0.2, 0) is 4.79 Å². The van der Waals surface area contributed by atoms with Gasteiger partial charge in [0.1, 0.15) is 5.78 Å². The molecule has 0 radical (unpaired) electrons. The second-order valence-corrected chi connectivity index (χ2v) is 2.40. The van der Waals surface area contributed by atoms with Crippen molar-refractivity contribution < 1.29 is 4.79 Å². The van der Waals surface area contributed by atoms with Crippen LogP contribution < -0.4 is 5.32 Å². The maximum atomic E-state index is 10.8. The lowest BCUT2D eigenvalue weighted by atomic mass is 10.0. The van der Waals surface area contributed by atoms with Crippen LogP contribution in [0.1, 0.15) is 13.8 Å². The third-order valence-corrected chi connectivity index (χ3v) is 1.42. The number of nitrogens with one attached hydrogen (secondary N) is 2. The van der Waals surface area contributed by atoms with Crippen molar-refractivity contribution in [1.29, 1.82) is 5.41 Å². The van der Waals surface area contributed by atoms with Gasteiger partial charge in [-0.15, -0.1) is 0 Å². The van der Waals surface area contributed by atoms with Gasteiger partial charge in [0.2, 0.25) is 0 Å². The van der Waals surface area contributed by atoms with Crippen LogP contribution in [-0.4, -0.2) is 25.1 Å². The van der Waals surface area contributed by atoms with Crippen LogP contribution >= 0.6 is 0 Å². The first-order chi connectivity index (χ1) is 4.59. The van der Waals surface area contributed by atoms with E-state index in [1.165, 1.54) is 6.92 Å². The molecule has 3 heteroatoms. The minimum atomic E-state index is -0.231. The third kappa shape index (κ3) is 2.73. The highest BCUT2D eigenvalue weighted by Gasteiger charge is 2.14. The van der Waals surface area contributed by atoms with Gasteiger partial charge in [-0.05, 0) is 20.9 Å². The fraction of sp³-hybridized carbons (Fsp3) is 0.714. The third-order valence-electron chi connectivity index (χ3n) is 1.42. The van der Waals surface area contributed by atoms with E-state index < -0.39 is 0 Å². The Morgan fingerprint density at radius 2 is 2.10 bits per heavy atom. The van der Waals surface area contributed by atoms with Crippen LogP contribution in [0.15, 0.2) is 0 Å². The Balaban J connectivity index is 3.98. The maximum absolute atomic E-state index is 10.8. The Morgan fingerprint density at radius 1 is 1.60 bits per heavy atom. The molecular formula is C7H14N2O. The van der Waals surface area contributed by atoms with E-state index in [1.54, 1.807) is 14.0 Å². The quantitative estimate of drug-likeness (QED) is 0.560. The summed E-state index contributed by atoms with van der Waals surface area (Å²) < 4.78 is 0. The average molecular weight is 142 g/mol. The van der Waals surface area contributed by atoms with Crippen molar-refractivity contribution in [3.05, 3.63) is 0 Å². The van der Waals surface area contributed by atoms with E-state index in [2.05, 4.69) is 5.32 Å². The van der Waals surface area contributed by atoms with Crippen LogP contribution in [0.4, 0.5) is 0 Å². The van der Waals surface area contributed by atoms with E-state index in [0.717, 1.165) is 0 Å². The number of Topliss-reactive ketones (excluding diaryl/α,β-unsaturated/α-hetero) is 1. The highest BCUT2D eigenvalue weighted by Crippen LogP contribution is 1.97. The van der Waals surface area contributed by atoms with Crippen molar-refractivity contribution in [2.24, 2.45) is 5.92 Å². The Bertz CT molecular complexity index is 129. The molecule has 0 saturated heterocycles. The van der Waals surface area contributed by atoms with Crippen LogP contribution in [0.2, 0.25) is 0 Å². The number of ketones is 1. The molecule has 0 fully saturated rings. The summed E-state index contributed by atoms with van der Waals surface area (Å²) in [6.07, 6.45) is 0. The van der Waals surface area contributed by atoms with Gasteiger partial charge in [0.25, 0.3) is 0 Å². The zero-order chi connectivity index (χ0) is 8.15. The van der Waals surface area contributed by atoms with Gasteiger partial charge in [-0.25, -0.2) is 0 Å². The monoisotopic (exact) mass is 142 g/mol. The molecule has 0 aliphatic heterocycles. The van der Waals surface area contributed by atoms with E-state index in [-0.39, 0.29) is 11.7 Å². The van der Waals surface area contributed by atoms with E-state index in [1.807, 2.05) is 0 Å². The summed E-state index contributed by atoms with van der Waals surface area (Å²) in [5, 5.41) is 10.1. The van der Waals surface area contributed by atoms with Gasteiger partial charge < -0.3 is 10.7 Å². The first-order valence-electron chi connectivity index (χ1n) is 3.29. The summed E-state index contributed by atoms with van der Waals surface area (Å²) in [7, 11) is 1.78. The fourth-order valence-electron chi connectivity index (χ4n) is 0.806. The Morgan fingerprint density at radius 3 is 2.20 bits per heavy atom. The van der Waals surface area contributed by atoms with Crippen molar-refractivity contribution in [2.75, 3.05) is 13.6 Å². The summed E-state index contributed by atoms with van der Waals surface area (Å²) >= 11 is 0. The molecule has 3 nitrogen and oxygen atoms in total. The van der Waals surface area contributed by atoms with E-state index in [0.29, 0.717) is 12.3 Å². The molecule has 10 heavy (non-hydrogen) atoms. The molecule has 58 valence electrons. The SMILES string of the molecule is CNCC(C(C)=N)C(C)=O. The lowest BCUT2D eigenvalue weighted by molar-refractivity contribution is -0.118. The van der Waals surface area contributed by atoms with Crippen molar-refractivity contribution >= 4 is 11.5 Å². The Hall–Kier alpha value is -0.700. The molecule has 0 spiro atoms. The van der Waals surface area contributed by atoms with Gasteiger partial charge >= 0.3 is 0 Å². The Labute approximate surface area is 61.3 Å². The molecule has 0 aromatic rings. The molecule has 0 saturated carbocycles. The lowest BCUT2D eigenvalue weighted by Crippen LogP contribution is -2.29. The van der Waals surface area contributed by atoms with E-state index in [4.69, 9.17) is 5.41 Å². The summed E-state index contributed by atoms with van der Waals surface area (Å²) in [5.74, 6) is -0.174. The van der Waals surface area contributed by atoms with Gasteiger partial charge in [-0.2, -0.15) is 0 Å². The van der Waals surface area contributed by atoms with Crippen LogP contribution in [0, 0.1) is 11.3 Å². The number of hydrogen-bond acceptors (Lipinski definition) is 3. The van der Waals surface area contributed by atoms with Crippen molar-refractivity contribution in [3.63, 3.8) is 0 Å². The minimum Gasteiger partial charge on any atom is -0.319 e. The molecule has 0 heterocycles. The van der Waals surface area contributed by atoms with Gasteiger partial charge in [0, 0.05) is 12.3 Å². The molecule has 1 unspecified atom stereocenters. The molecule has 0 aliphatic rings. The number of carbonyl (C=O) groups is 1. The second-order valence-electron chi connectivity index (χ2n) is 2.40. The maximum Gasteiger partial charge on any atom is 0.139 e. The number of rotatable bonds is 4. The van der Waals surface area contributed by atoms with Gasteiger partial charge in [0.05, 0.1) is 5.92 Å². The van der Waals surface area contributed by atoms with Crippen molar-refractivity contribution in [2.45, 2.75) is 13.8 Å². The van der Waals surface area contributed by atoms with Crippen molar-refractivity contribution in [1.82, 2.24) is 5.32 Å². The Kier molecular flexibility index (Phi) is 3.88. The zero-order valence-corrected chi connectivity index (χ0v) is 6.69. The standard InChI is InChI=1S/C7H14N2O/c1-5(8)7(4-9-3)6(2)10/h7-9H,4H2,1-3H3. The summed E-state index contributed by atoms with van der Waals surface area (Å²) in [6, 6.07) is 0. The first kappa shape index (κ1) is 9.30. The van der Waals surface area contributed by atoms with Gasteiger partial charge in [0.15, 0.2) is 0 Å². The van der Waals surface area contributed by atoms with Gasteiger partial charge in [-0.1, -0.05) is 0 Å². The zero-order valence-electron chi connectivity index (χ0n) is 6.69. The number of hydrogen-bond donors (Lipinski definition) is 2. The van der Waals surface area contributed by atoms with Crippen LogP contribution in [0.3, 0.4) is 0 Å². The highest BCUT2D eigenvalue weighted by molar-refractivity contribution is 6.01. The predicted molar refractivity (Wildman–Crippen MR) is 41.5 cm³/mol. The highest BCUT2D eigenvalue weighted by atomic mass is 16.1. The van der Waals surface area contributed by atoms with Crippen LogP contribution in [0.25, 0.3) is 0 Å². The molecule has 0 aliphatic carbocycles. The molecule has 0 rings (SSSR count). The summed E-state index contributed by atoms with van der Waals surface area (Å²) in [4.78, 5) is 10.8. The molecule has 0 amide bonds. The molecule has 2 N–H and O–H groups in total. The van der Waals surface area contributed by atoms with Crippen LogP contribution in [0.5, 0.6) is 0 Å². The summed E-state index contributed by atoms with van der Waals surface area (Å²) in [6.45, 7) is 3.74. The topological polar surface area (TPSA) is 53.0 Å². The molecule has 0 aromatic heterocycles. The lowest BCUT2D eigenvalue weighted by Gasteiger charge is -2.10. The second kappa shape index (κ2) is 4.17.